The molecule has 0 amide bonds. The van der Waals surface area contributed by atoms with Gasteiger partial charge in [-0.25, -0.2) is 0 Å². The lowest BCUT2D eigenvalue weighted by atomic mass is 9.84. The molecule has 0 radical (unpaired) electrons. The fourth-order valence-corrected chi connectivity index (χ4v) is 2.09. The molecule has 0 spiro atoms. The zero-order valence-corrected chi connectivity index (χ0v) is 9.70. The van der Waals surface area contributed by atoms with Crippen molar-refractivity contribution in [2.45, 2.75) is 33.1 Å². The summed E-state index contributed by atoms with van der Waals surface area (Å²) in [7, 11) is 0. The molecule has 0 aliphatic carbocycles. The molecule has 2 rings (SSSR count). The average molecular weight is 200 g/mol. The standard InChI is InChI=1S/C13H16N2/c1-9-12(13(2,3)4)10-7-5-6-8-11(10)15-14-9/h5-8H,1-4H3. The zero-order chi connectivity index (χ0) is 11.1. The second kappa shape index (κ2) is 3.30. The molecule has 0 atom stereocenters. The van der Waals surface area contributed by atoms with Gasteiger partial charge >= 0.3 is 0 Å². The van der Waals surface area contributed by atoms with E-state index in [1.807, 2.05) is 19.1 Å². The third-order valence-corrected chi connectivity index (χ3v) is 2.59. The van der Waals surface area contributed by atoms with Gasteiger partial charge in [0.15, 0.2) is 0 Å². The highest BCUT2D eigenvalue weighted by Gasteiger charge is 2.20. The molecule has 2 aromatic rings. The normalized spacial score (nSPS) is 12.0. The maximum absolute atomic E-state index is 4.22. The van der Waals surface area contributed by atoms with Gasteiger partial charge < -0.3 is 0 Å². The van der Waals surface area contributed by atoms with Crippen molar-refractivity contribution in [3.05, 3.63) is 35.5 Å². The quantitative estimate of drug-likeness (QED) is 0.652. The number of aryl methyl sites for hydroxylation is 1. The lowest BCUT2D eigenvalue weighted by Crippen LogP contribution is -2.15. The molecule has 0 N–H and O–H groups in total. The smallest absolute Gasteiger partial charge is 0.0932 e. The fraction of sp³-hybridized carbons (Fsp3) is 0.385. The number of benzene rings is 1. The Labute approximate surface area is 90.3 Å². The van der Waals surface area contributed by atoms with Crippen LogP contribution in [0.1, 0.15) is 32.0 Å². The Morgan fingerprint density at radius 1 is 1.00 bits per heavy atom. The molecule has 15 heavy (non-hydrogen) atoms. The molecule has 1 aromatic carbocycles. The zero-order valence-electron chi connectivity index (χ0n) is 9.70. The van der Waals surface area contributed by atoms with E-state index in [9.17, 15) is 0 Å². The molecule has 0 aliphatic rings. The van der Waals surface area contributed by atoms with Gasteiger partial charge in [0.1, 0.15) is 0 Å². The van der Waals surface area contributed by atoms with Crippen molar-refractivity contribution in [3.63, 3.8) is 0 Å². The van der Waals surface area contributed by atoms with Crippen LogP contribution in [0.3, 0.4) is 0 Å². The van der Waals surface area contributed by atoms with Gasteiger partial charge in [-0.2, -0.15) is 10.2 Å². The van der Waals surface area contributed by atoms with E-state index >= 15 is 0 Å². The molecule has 2 heteroatoms. The maximum atomic E-state index is 4.22. The Morgan fingerprint density at radius 2 is 1.67 bits per heavy atom. The highest BCUT2D eigenvalue weighted by atomic mass is 15.1. The second-order valence-corrected chi connectivity index (χ2v) is 4.93. The van der Waals surface area contributed by atoms with Crippen LogP contribution in [0.25, 0.3) is 10.9 Å². The molecule has 0 saturated carbocycles. The topological polar surface area (TPSA) is 25.8 Å². The van der Waals surface area contributed by atoms with E-state index in [1.54, 1.807) is 0 Å². The van der Waals surface area contributed by atoms with Gasteiger partial charge in [0, 0.05) is 5.39 Å². The first-order valence-electron chi connectivity index (χ1n) is 5.22. The summed E-state index contributed by atoms with van der Waals surface area (Å²) in [6.45, 7) is 8.66. The number of fused-ring (bicyclic) bond motifs is 1. The Kier molecular flexibility index (Phi) is 2.22. The number of rotatable bonds is 0. The van der Waals surface area contributed by atoms with E-state index in [2.05, 4.69) is 43.1 Å². The Balaban J connectivity index is 2.86. The number of aromatic nitrogens is 2. The Hall–Kier alpha value is -1.44. The van der Waals surface area contributed by atoms with Crippen LogP contribution in [0.2, 0.25) is 0 Å². The van der Waals surface area contributed by atoms with E-state index in [0.717, 1.165) is 11.2 Å². The molecule has 1 heterocycles. The van der Waals surface area contributed by atoms with Gasteiger partial charge in [-0.3, -0.25) is 0 Å². The van der Waals surface area contributed by atoms with E-state index in [0.29, 0.717) is 0 Å². The van der Waals surface area contributed by atoms with Crippen molar-refractivity contribution in [3.8, 4) is 0 Å². The lowest BCUT2D eigenvalue weighted by molar-refractivity contribution is 0.586. The van der Waals surface area contributed by atoms with Crippen LogP contribution in [0.15, 0.2) is 24.3 Å². The number of hydrogen-bond donors (Lipinski definition) is 0. The van der Waals surface area contributed by atoms with Crippen molar-refractivity contribution in [2.75, 3.05) is 0 Å². The third-order valence-electron chi connectivity index (χ3n) is 2.59. The van der Waals surface area contributed by atoms with E-state index in [4.69, 9.17) is 0 Å². The van der Waals surface area contributed by atoms with Crippen LogP contribution in [0.4, 0.5) is 0 Å². The summed E-state index contributed by atoms with van der Waals surface area (Å²) < 4.78 is 0. The van der Waals surface area contributed by atoms with Crippen LogP contribution in [0.5, 0.6) is 0 Å². The molecule has 0 bridgehead atoms. The van der Waals surface area contributed by atoms with Crippen LogP contribution < -0.4 is 0 Å². The predicted molar refractivity (Wildman–Crippen MR) is 63.0 cm³/mol. The molecule has 78 valence electrons. The van der Waals surface area contributed by atoms with Crippen molar-refractivity contribution in [1.29, 1.82) is 0 Å². The van der Waals surface area contributed by atoms with E-state index in [1.165, 1.54) is 10.9 Å². The molecule has 1 aromatic heterocycles. The average Bonchev–Trinajstić information content (AvgIpc) is 2.15. The number of hydrogen-bond acceptors (Lipinski definition) is 2. The number of nitrogens with zero attached hydrogens (tertiary/aromatic N) is 2. The van der Waals surface area contributed by atoms with Crippen molar-refractivity contribution < 1.29 is 0 Å². The fourth-order valence-electron chi connectivity index (χ4n) is 2.09. The summed E-state index contributed by atoms with van der Waals surface area (Å²) in [6, 6.07) is 8.19. The van der Waals surface area contributed by atoms with Crippen molar-refractivity contribution in [1.82, 2.24) is 10.2 Å². The summed E-state index contributed by atoms with van der Waals surface area (Å²) in [4.78, 5) is 0. The van der Waals surface area contributed by atoms with E-state index < -0.39 is 0 Å². The van der Waals surface area contributed by atoms with Crippen molar-refractivity contribution in [2.24, 2.45) is 0 Å². The Bertz CT molecular complexity index is 495. The molecule has 0 saturated heterocycles. The summed E-state index contributed by atoms with van der Waals surface area (Å²) in [5.74, 6) is 0. The molecule has 0 fully saturated rings. The van der Waals surface area contributed by atoms with Crippen LogP contribution in [0, 0.1) is 6.92 Å². The first-order valence-corrected chi connectivity index (χ1v) is 5.22. The minimum Gasteiger partial charge on any atom is -0.155 e. The summed E-state index contributed by atoms with van der Waals surface area (Å²) >= 11 is 0. The highest BCUT2D eigenvalue weighted by Crippen LogP contribution is 2.30. The maximum Gasteiger partial charge on any atom is 0.0932 e. The Morgan fingerprint density at radius 3 is 2.33 bits per heavy atom. The van der Waals surface area contributed by atoms with Gasteiger partial charge in [-0.15, -0.1) is 0 Å². The lowest BCUT2D eigenvalue weighted by Gasteiger charge is -2.22. The van der Waals surface area contributed by atoms with Crippen LogP contribution in [-0.2, 0) is 5.41 Å². The summed E-state index contributed by atoms with van der Waals surface area (Å²) in [5, 5.41) is 9.65. The molecule has 0 aliphatic heterocycles. The SMILES string of the molecule is Cc1nnc2ccccc2c1C(C)(C)C. The largest absolute Gasteiger partial charge is 0.155 e. The molecular weight excluding hydrogens is 184 g/mol. The minimum absolute atomic E-state index is 0.111. The summed E-state index contributed by atoms with van der Waals surface area (Å²) in [6.07, 6.45) is 0. The second-order valence-electron chi connectivity index (χ2n) is 4.93. The molecule has 2 nitrogen and oxygen atoms in total. The monoisotopic (exact) mass is 200 g/mol. The first-order chi connectivity index (χ1) is 7.00. The highest BCUT2D eigenvalue weighted by molar-refractivity contribution is 5.83. The van der Waals surface area contributed by atoms with Crippen LogP contribution in [-0.4, -0.2) is 10.2 Å². The summed E-state index contributed by atoms with van der Waals surface area (Å²) in [5.41, 5.74) is 3.42. The van der Waals surface area contributed by atoms with Crippen molar-refractivity contribution >= 4 is 10.9 Å². The molecular formula is C13H16N2. The van der Waals surface area contributed by atoms with E-state index in [-0.39, 0.29) is 5.41 Å². The first kappa shape index (κ1) is 10.1. The van der Waals surface area contributed by atoms with Gasteiger partial charge in [-0.05, 0) is 24.0 Å². The van der Waals surface area contributed by atoms with Gasteiger partial charge in [0.05, 0.1) is 11.2 Å². The van der Waals surface area contributed by atoms with Gasteiger partial charge in [-0.1, -0.05) is 39.0 Å². The third kappa shape index (κ3) is 1.72. The van der Waals surface area contributed by atoms with Crippen LogP contribution >= 0.6 is 0 Å². The van der Waals surface area contributed by atoms with Gasteiger partial charge in [0.25, 0.3) is 0 Å². The van der Waals surface area contributed by atoms with Gasteiger partial charge in [0.2, 0.25) is 0 Å². The molecule has 0 unspecified atom stereocenters. The minimum atomic E-state index is 0.111. The predicted octanol–water partition coefficient (Wildman–Crippen LogP) is 3.24.